The average Bonchev–Trinajstić information content (AvgIpc) is 3.14. The van der Waals surface area contributed by atoms with Crippen LogP contribution in [-0.2, 0) is 18.3 Å². The van der Waals surface area contributed by atoms with Crippen molar-refractivity contribution in [3.05, 3.63) is 71.2 Å². The van der Waals surface area contributed by atoms with Crippen molar-refractivity contribution >= 4 is 10.9 Å². The molecule has 1 aliphatic rings. The number of hydrogen-bond acceptors (Lipinski definition) is 3. The van der Waals surface area contributed by atoms with Crippen molar-refractivity contribution in [2.75, 3.05) is 6.61 Å². The average molecular weight is 433 g/mol. The smallest absolute Gasteiger partial charge is 0.398 e. The molecule has 2 unspecified atom stereocenters. The van der Waals surface area contributed by atoms with Crippen molar-refractivity contribution in [3.8, 4) is 5.75 Å². The van der Waals surface area contributed by atoms with E-state index in [1.807, 2.05) is 18.2 Å². The van der Waals surface area contributed by atoms with Gasteiger partial charge in [0.15, 0.2) is 0 Å². The number of benzene rings is 2. The molecular weight excluding hydrogens is 410 g/mol. The summed E-state index contributed by atoms with van der Waals surface area (Å²) in [5.74, 6) is -0.666. The predicted octanol–water partition coefficient (Wildman–Crippen LogP) is 5.51. The minimum absolute atomic E-state index is 0.0138. The molecule has 31 heavy (non-hydrogen) atoms. The Morgan fingerprint density at radius 1 is 1.10 bits per heavy atom. The highest BCUT2D eigenvalue weighted by Crippen LogP contribution is 2.51. The van der Waals surface area contributed by atoms with Gasteiger partial charge in [-0.3, -0.25) is 4.98 Å². The second-order valence-electron chi connectivity index (χ2n) is 8.71. The number of ether oxygens (including phenoxy) is 1. The van der Waals surface area contributed by atoms with E-state index in [9.17, 15) is 22.7 Å². The molecule has 0 aliphatic carbocycles. The third kappa shape index (κ3) is 3.99. The number of halogens is 4. The molecule has 1 aromatic heterocycles. The highest BCUT2D eigenvalue weighted by atomic mass is 19.4. The summed E-state index contributed by atoms with van der Waals surface area (Å²) in [5, 5.41) is 11.9. The number of aromatic nitrogens is 1. The maximum absolute atomic E-state index is 14.4. The summed E-state index contributed by atoms with van der Waals surface area (Å²) < 4.78 is 62.9. The first kappa shape index (κ1) is 21.6. The van der Waals surface area contributed by atoms with Crippen molar-refractivity contribution in [1.82, 2.24) is 4.98 Å². The molecule has 0 saturated carbocycles. The SMILES string of the molecule is CC(O)(Cc1ccnc2ccccc12)CC(C)(c1cc(F)cc2c1OCC2)C(F)(F)F. The standard InChI is InChI=1S/C24H23F4NO2/c1-22(30,13-16-7-9-29-20-6-4-3-5-18(16)20)14-23(2,24(26,27)28)19-12-17(25)11-15-8-10-31-21(15)19/h3-7,9,11-12,30H,8,10,13-14H2,1-2H3. The molecule has 0 spiro atoms. The predicted molar refractivity (Wildman–Crippen MR) is 110 cm³/mol. The number of alkyl halides is 3. The van der Waals surface area contributed by atoms with Gasteiger partial charge >= 0.3 is 6.18 Å². The number of hydrogen-bond donors (Lipinski definition) is 1. The number of rotatable bonds is 5. The summed E-state index contributed by atoms with van der Waals surface area (Å²) in [6.07, 6.45) is -3.47. The van der Waals surface area contributed by atoms with E-state index in [4.69, 9.17) is 4.74 Å². The van der Waals surface area contributed by atoms with Crippen LogP contribution < -0.4 is 4.74 Å². The van der Waals surface area contributed by atoms with Gasteiger partial charge in [0, 0.05) is 35.6 Å². The van der Waals surface area contributed by atoms with Gasteiger partial charge in [-0.05, 0) is 50.1 Å². The van der Waals surface area contributed by atoms with E-state index in [1.54, 1.807) is 18.3 Å². The van der Waals surface area contributed by atoms with Gasteiger partial charge in [0.1, 0.15) is 11.6 Å². The Morgan fingerprint density at radius 3 is 2.58 bits per heavy atom. The van der Waals surface area contributed by atoms with E-state index < -0.39 is 29.4 Å². The zero-order valence-electron chi connectivity index (χ0n) is 17.3. The number of nitrogens with zero attached hydrogens (tertiary/aromatic N) is 1. The molecule has 3 aromatic rings. The fraction of sp³-hybridized carbons (Fsp3) is 0.375. The summed E-state index contributed by atoms with van der Waals surface area (Å²) >= 11 is 0. The van der Waals surface area contributed by atoms with Crippen LogP contribution in [0.4, 0.5) is 17.6 Å². The molecule has 7 heteroatoms. The first-order chi connectivity index (χ1) is 14.5. The molecule has 0 radical (unpaired) electrons. The van der Waals surface area contributed by atoms with E-state index in [0.29, 0.717) is 23.1 Å². The molecule has 4 rings (SSSR count). The monoisotopic (exact) mass is 433 g/mol. The van der Waals surface area contributed by atoms with Crippen molar-refractivity contribution in [2.45, 2.75) is 50.3 Å². The largest absolute Gasteiger partial charge is 0.493 e. The summed E-state index contributed by atoms with van der Waals surface area (Å²) in [6, 6.07) is 11.1. The van der Waals surface area contributed by atoms with Crippen LogP contribution in [0.2, 0.25) is 0 Å². The summed E-state index contributed by atoms with van der Waals surface area (Å²) in [7, 11) is 0. The fourth-order valence-corrected chi connectivity index (χ4v) is 4.57. The quantitative estimate of drug-likeness (QED) is 0.540. The van der Waals surface area contributed by atoms with Gasteiger partial charge in [-0.25, -0.2) is 4.39 Å². The van der Waals surface area contributed by atoms with Crippen LogP contribution >= 0.6 is 0 Å². The van der Waals surface area contributed by atoms with Crippen LogP contribution in [0, 0.1) is 5.82 Å². The van der Waals surface area contributed by atoms with Crippen LogP contribution in [0.3, 0.4) is 0 Å². The highest BCUT2D eigenvalue weighted by molar-refractivity contribution is 5.81. The van der Waals surface area contributed by atoms with Crippen molar-refractivity contribution in [1.29, 1.82) is 0 Å². The van der Waals surface area contributed by atoms with E-state index in [-0.39, 0.29) is 24.3 Å². The molecule has 164 valence electrons. The maximum Gasteiger partial charge on any atom is 0.398 e. The minimum atomic E-state index is -4.73. The van der Waals surface area contributed by atoms with Gasteiger partial charge in [0.2, 0.25) is 0 Å². The van der Waals surface area contributed by atoms with E-state index in [2.05, 4.69) is 4.98 Å². The third-order valence-corrected chi connectivity index (χ3v) is 6.01. The first-order valence-corrected chi connectivity index (χ1v) is 10.1. The molecule has 3 nitrogen and oxygen atoms in total. The normalized spacial score (nSPS) is 17.6. The molecule has 2 heterocycles. The van der Waals surface area contributed by atoms with Crippen LogP contribution in [0.1, 0.15) is 37.0 Å². The molecule has 0 saturated heterocycles. The van der Waals surface area contributed by atoms with E-state index in [1.165, 1.54) is 13.0 Å². The van der Waals surface area contributed by atoms with Gasteiger partial charge in [0.25, 0.3) is 0 Å². The Morgan fingerprint density at radius 2 is 1.84 bits per heavy atom. The van der Waals surface area contributed by atoms with Crippen LogP contribution in [0.25, 0.3) is 10.9 Å². The Balaban J connectivity index is 1.75. The van der Waals surface area contributed by atoms with Crippen molar-refractivity contribution < 1.29 is 27.4 Å². The minimum Gasteiger partial charge on any atom is -0.493 e. The number of fused-ring (bicyclic) bond motifs is 2. The van der Waals surface area contributed by atoms with Crippen molar-refractivity contribution in [3.63, 3.8) is 0 Å². The lowest BCUT2D eigenvalue weighted by molar-refractivity contribution is -0.200. The number of para-hydroxylation sites is 1. The highest BCUT2D eigenvalue weighted by Gasteiger charge is 2.56. The lowest BCUT2D eigenvalue weighted by Gasteiger charge is -2.39. The Kier molecular flexibility index (Phi) is 5.20. The van der Waals surface area contributed by atoms with E-state index >= 15 is 0 Å². The van der Waals surface area contributed by atoms with Crippen molar-refractivity contribution in [2.24, 2.45) is 0 Å². The van der Waals surface area contributed by atoms with Crippen LogP contribution in [-0.4, -0.2) is 28.5 Å². The second kappa shape index (κ2) is 7.48. The molecule has 0 fully saturated rings. The molecule has 1 aliphatic heterocycles. The molecule has 0 bridgehead atoms. The lowest BCUT2D eigenvalue weighted by atomic mass is 9.71. The van der Waals surface area contributed by atoms with Gasteiger partial charge in [-0.1, -0.05) is 18.2 Å². The number of pyridine rings is 1. The zero-order chi connectivity index (χ0) is 22.4. The third-order valence-electron chi connectivity index (χ3n) is 6.01. The maximum atomic E-state index is 14.4. The van der Waals surface area contributed by atoms with Gasteiger partial charge in [-0.2, -0.15) is 13.2 Å². The first-order valence-electron chi connectivity index (χ1n) is 10.1. The summed E-state index contributed by atoms with van der Waals surface area (Å²) in [6.45, 7) is 2.59. The molecule has 1 N–H and O–H groups in total. The second-order valence-corrected chi connectivity index (χ2v) is 8.71. The number of aliphatic hydroxyl groups is 1. The Bertz CT molecular complexity index is 1120. The van der Waals surface area contributed by atoms with Gasteiger partial charge in [0.05, 0.1) is 23.1 Å². The van der Waals surface area contributed by atoms with Crippen LogP contribution in [0.5, 0.6) is 5.75 Å². The molecular formula is C24H23F4NO2. The topological polar surface area (TPSA) is 42.4 Å². The molecule has 2 atom stereocenters. The zero-order valence-corrected chi connectivity index (χ0v) is 17.3. The summed E-state index contributed by atoms with van der Waals surface area (Å²) in [5.41, 5.74) is -2.69. The Hall–Kier alpha value is -2.67. The Labute approximate surface area is 177 Å². The van der Waals surface area contributed by atoms with Gasteiger partial charge in [-0.15, -0.1) is 0 Å². The van der Waals surface area contributed by atoms with Gasteiger partial charge < -0.3 is 9.84 Å². The molecule has 2 aromatic carbocycles. The van der Waals surface area contributed by atoms with Crippen LogP contribution in [0.15, 0.2) is 48.7 Å². The van der Waals surface area contributed by atoms with E-state index in [0.717, 1.165) is 18.4 Å². The molecule has 0 amide bonds. The lowest BCUT2D eigenvalue weighted by Crippen LogP contribution is -2.47. The fourth-order valence-electron chi connectivity index (χ4n) is 4.57. The summed E-state index contributed by atoms with van der Waals surface area (Å²) in [4.78, 5) is 4.26.